The lowest BCUT2D eigenvalue weighted by Gasteiger charge is -2.01. The molecule has 1 aromatic heterocycles. The Hall–Kier alpha value is -1.68. The van der Waals surface area contributed by atoms with Gasteiger partial charge in [0.25, 0.3) is 0 Å². The van der Waals surface area contributed by atoms with Gasteiger partial charge in [-0.2, -0.15) is 0 Å². The van der Waals surface area contributed by atoms with Crippen molar-refractivity contribution < 1.29 is 9.90 Å². The van der Waals surface area contributed by atoms with Gasteiger partial charge in [0.05, 0.1) is 11.3 Å². The van der Waals surface area contributed by atoms with Gasteiger partial charge < -0.3 is 5.11 Å². The third-order valence-corrected chi connectivity index (χ3v) is 2.68. The zero-order valence-electron chi connectivity index (χ0n) is 8.22. The minimum atomic E-state index is -0.963. The molecule has 0 radical (unpaired) electrons. The standard InChI is InChI=1S/C12H8BrNO2/c13-10-4-1-8(2-5-10)11-6-3-9(7-14-11)12(15)16/h1-7H,(H,15,16). The van der Waals surface area contributed by atoms with Crippen molar-refractivity contribution >= 4 is 21.9 Å². The molecule has 0 aliphatic heterocycles. The maximum Gasteiger partial charge on any atom is 0.337 e. The number of rotatable bonds is 2. The van der Waals surface area contributed by atoms with E-state index in [1.54, 1.807) is 12.1 Å². The van der Waals surface area contributed by atoms with Crippen LogP contribution in [-0.2, 0) is 0 Å². The van der Waals surface area contributed by atoms with E-state index in [2.05, 4.69) is 20.9 Å². The number of carboxylic acids is 1. The summed E-state index contributed by atoms with van der Waals surface area (Å²) in [6, 6.07) is 10.9. The number of hydrogen-bond acceptors (Lipinski definition) is 2. The largest absolute Gasteiger partial charge is 0.478 e. The minimum absolute atomic E-state index is 0.195. The Morgan fingerprint density at radius 3 is 2.31 bits per heavy atom. The average molecular weight is 278 g/mol. The van der Waals surface area contributed by atoms with Crippen LogP contribution in [-0.4, -0.2) is 16.1 Å². The number of carbonyl (C=O) groups is 1. The first-order chi connectivity index (χ1) is 7.66. The lowest BCUT2D eigenvalue weighted by atomic mass is 10.1. The zero-order valence-corrected chi connectivity index (χ0v) is 9.81. The summed E-state index contributed by atoms with van der Waals surface area (Å²) in [5.74, 6) is -0.963. The van der Waals surface area contributed by atoms with E-state index < -0.39 is 5.97 Å². The SMILES string of the molecule is O=C(O)c1ccc(-c2ccc(Br)cc2)nc1. The third-order valence-electron chi connectivity index (χ3n) is 2.15. The fraction of sp³-hybridized carbons (Fsp3) is 0. The Morgan fingerprint density at radius 2 is 1.81 bits per heavy atom. The summed E-state index contributed by atoms with van der Waals surface area (Å²) >= 11 is 3.35. The Balaban J connectivity index is 2.34. The van der Waals surface area contributed by atoms with Crippen molar-refractivity contribution in [3.05, 3.63) is 52.6 Å². The van der Waals surface area contributed by atoms with Crippen LogP contribution >= 0.6 is 15.9 Å². The van der Waals surface area contributed by atoms with Gasteiger partial charge >= 0.3 is 5.97 Å². The topological polar surface area (TPSA) is 50.2 Å². The number of carboxylic acid groups (broad SMARTS) is 1. The summed E-state index contributed by atoms with van der Waals surface area (Å²) in [7, 11) is 0. The van der Waals surface area contributed by atoms with Crippen molar-refractivity contribution in [2.24, 2.45) is 0 Å². The molecular weight excluding hydrogens is 270 g/mol. The predicted molar refractivity (Wildman–Crippen MR) is 64.3 cm³/mol. The molecule has 4 heteroatoms. The van der Waals surface area contributed by atoms with Gasteiger partial charge in [-0.3, -0.25) is 4.98 Å². The summed E-state index contributed by atoms with van der Waals surface area (Å²) in [4.78, 5) is 14.8. The number of aromatic carboxylic acids is 1. The van der Waals surface area contributed by atoms with Gasteiger partial charge in [0.1, 0.15) is 0 Å². The molecule has 2 rings (SSSR count). The smallest absolute Gasteiger partial charge is 0.337 e. The van der Waals surface area contributed by atoms with Crippen molar-refractivity contribution in [2.75, 3.05) is 0 Å². The maximum absolute atomic E-state index is 10.6. The normalized spacial score (nSPS) is 10.1. The Kier molecular flexibility index (Phi) is 3.01. The van der Waals surface area contributed by atoms with Gasteiger partial charge in [-0.1, -0.05) is 28.1 Å². The lowest BCUT2D eigenvalue weighted by molar-refractivity contribution is 0.0696. The number of halogens is 1. The highest BCUT2D eigenvalue weighted by molar-refractivity contribution is 9.10. The Labute approximate surface area is 101 Å². The summed E-state index contributed by atoms with van der Waals surface area (Å²) in [5, 5.41) is 8.74. The molecule has 0 saturated carbocycles. The number of nitrogens with zero attached hydrogens (tertiary/aromatic N) is 1. The van der Waals surface area contributed by atoms with Crippen molar-refractivity contribution in [3.63, 3.8) is 0 Å². The molecule has 0 unspecified atom stereocenters. The first-order valence-corrected chi connectivity index (χ1v) is 5.41. The highest BCUT2D eigenvalue weighted by Gasteiger charge is 2.04. The van der Waals surface area contributed by atoms with Gasteiger partial charge in [0, 0.05) is 16.2 Å². The molecule has 80 valence electrons. The summed E-state index contributed by atoms with van der Waals surface area (Å²) in [6.07, 6.45) is 1.36. The minimum Gasteiger partial charge on any atom is -0.478 e. The van der Waals surface area contributed by atoms with Crippen LogP contribution in [0, 0.1) is 0 Å². The Morgan fingerprint density at radius 1 is 1.12 bits per heavy atom. The van der Waals surface area contributed by atoms with Crippen molar-refractivity contribution in [3.8, 4) is 11.3 Å². The molecule has 0 amide bonds. The first-order valence-electron chi connectivity index (χ1n) is 4.62. The van der Waals surface area contributed by atoms with Crippen LogP contribution in [0.4, 0.5) is 0 Å². The Bertz CT molecular complexity index is 506. The van der Waals surface area contributed by atoms with E-state index >= 15 is 0 Å². The highest BCUT2D eigenvalue weighted by atomic mass is 79.9. The molecule has 1 N–H and O–H groups in total. The second-order valence-corrected chi connectivity index (χ2v) is 4.16. The number of benzene rings is 1. The molecule has 0 aliphatic carbocycles. The highest BCUT2D eigenvalue weighted by Crippen LogP contribution is 2.19. The molecule has 0 spiro atoms. The van der Waals surface area contributed by atoms with Crippen LogP contribution in [0.5, 0.6) is 0 Å². The maximum atomic E-state index is 10.6. The molecular formula is C12H8BrNO2. The molecule has 1 aromatic carbocycles. The van der Waals surface area contributed by atoms with Gasteiger partial charge in [-0.25, -0.2) is 4.79 Å². The van der Waals surface area contributed by atoms with E-state index in [4.69, 9.17) is 5.11 Å². The lowest BCUT2D eigenvalue weighted by Crippen LogP contribution is -1.96. The summed E-state index contributed by atoms with van der Waals surface area (Å²) in [6.45, 7) is 0. The van der Waals surface area contributed by atoms with Crippen LogP contribution in [0.1, 0.15) is 10.4 Å². The quantitative estimate of drug-likeness (QED) is 0.917. The molecule has 2 aromatic rings. The molecule has 0 atom stereocenters. The van der Waals surface area contributed by atoms with Crippen LogP contribution in [0.25, 0.3) is 11.3 Å². The number of hydrogen-bond donors (Lipinski definition) is 1. The monoisotopic (exact) mass is 277 g/mol. The third kappa shape index (κ3) is 2.28. The van der Waals surface area contributed by atoms with Crippen LogP contribution in [0.2, 0.25) is 0 Å². The fourth-order valence-electron chi connectivity index (χ4n) is 1.31. The number of aromatic nitrogens is 1. The zero-order chi connectivity index (χ0) is 11.5. The van der Waals surface area contributed by atoms with E-state index in [0.717, 1.165) is 15.7 Å². The van der Waals surface area contributed by atoms with Crippen molar-refractivity contribution in [1.29, 1.82) is 0 Å². The molecule has 0 saturated heterocycles. The molecule has 0 aliphatic rings. The molecule has 0 fully saturated rings. The van der Waals surface area contributed by atoms with Crippen molar-refractivity contribution in [1.82, 2.24) is 4.98 Å². The van der Waals surface area contributed by atoms with E-state index in [-0.39, 0.29) is 5.56 Å². The second kappa shape index (κ2) is 4.45. The summed E-state index contributed by atoms with van der Waals surface area (Å²) in [5.41, 5.74) is 1.92. The van der Waals surface area contributed by atoms with E-state index in [9.17, 15) is 4.79 Å². The molecule has 1 heterocycles. The second-order valence-electron chi connectivity index (χ2n) is 3.24. The summed E-state index contributed by atoms with van der Waals surface area (Å²) < 4.78 is 0.999. The van der Waals surface area contributed by atoms with Crippen LogP contribution in [0.15, 0.2) is 47.1 Å². The van der Waals surface area contributed by atoms with E-state index in [1.807, 2.05) is 24.3 Å². The van der Waals surface area contributed by atoms with Crippen LogP contribution < -0.4 is 0 Å². The van der Waals surface area contributed by atoms with E-state index in [1.165, 1.54) is 6.20 Å². The molecule has 3 nitrogen and oxygen atoms in total. The van der Waals surface area contributed by atoms with Gasteiger partial charge in [0.2, 0.25) is 0 Å². The van der Waals surface area contributed by atoms with Crippen molar-refractivity contribution in [2.45, 2.75) is 0 Å². The molecule has 0 bridgehead atoms. The van der Waals surface area contributed by atoms with Crippen LogP contribution in [0.3, 0.4) is 0 Å². The van der Waals surface area contributed by atoms with E-state index in [0.29, 0.717) is 0 Å². The van der Waals surface area contributed by atoms with Gasteiger partial charge in [-0.05, 0) is 24.3 Å². The fourth-order valence-corrected chi connectivity index (χ4v) is 1.58. The van der Waals surface area contributed by atoms with Gasteiger partial charge in [0.15, 0.2) is 0 Å². The van der Waals surface area contributed by atoms with Gasteiger partial charge in [-0.15, -0.1) is 0 Å². The first kappa shape index (κ1) is 10.8. The number of pyridine rings is 1. The average Bonchev–Trinajstić information content (AvgIpc) is 2.30. The predicted octanol–water partition coefficient (Wildman–Crippen LogP) is 3.21. The molecule has 16 heavy (non-hydrogen) atoms.